The largest absolute Gasteiger partial charge is 0.370 e. The lowest BCUT2D eigenvalue weighted by Crippen LogP contribution is -2.41. The number of hydrogen-bond donors (Lipinski definition) is 1. The SMILES string of the molecule is C=C(c1cc2c3c(c1)nc(-c1cc4cc(F)ccc4n1CC1CC1)n3CCC2)N1CCCC(N)C1. The van der Waals surface area contributed by atoms with E-state index >= 15 is 0 Å². The molecule has 2 aromatic carbocycles. The normalized spacial score (nSPS) is 20.2. The summed E-state index contributed by atoms with van der Waals surface area (Å²) in [6.07, 6.45) is 6.88. The van der Waals surface area contributed by atoms with Gasteiger partial charge in [0.25, 0.3) is 0 Å². The average molecular weight is 470 g/mol. The van der Waals surface area contributed by atoms with E-state index in [1.165, 1.54) is 23.9 Å². The van der Waals surface area contributed by atoms with Gasteiger partial charge in [-0.25, -0.2) is 9.37 Å². The van der Waals surface area contributed by atoms with Crippen LogP contribution in [-0.2, 0) is 19.5 Å². The number of nitrogens with zero attached hydrogens (tertiary/aromatic N) is 4. The van der Waals surface area contributed by atoms with Crippen LogP contribution >= 0.6 is 0 Å². The summed E-state index contributed by atoms with van der Waals surface area (Å²) < 4.78 is 18.8. The predicted octanol–water partition coefficient (Wildman–Crippen LogP) is 5.55. The number of halogens is 1. The predicted molar refractivity (Wildman–Crippen MR) is 139 cm³/mol. The molecular formula is C29H32FN5. The zero-order valence-electron chi connectivity index (χ0n) is 20.1. The van der Waals surface area contributed by atoms with E-state index < -0.39 is 0 Å². The van der Waals surface area contributed by atoms with Gasteiger partial charge in [-0.1, -0.05) is 6.58 Å². The lowest BCUT2D eigenvalue weighted by Gasteiger charge is -2.34. The first-order valence-electron chi connectivity index (χ1n) is 13.1. The lowest BCUT2D eigenvalue weighted by molar-refractivity contribution is 0.296. The van der Waals surface area contributed by atoms with Crippen LogP contribution in [0.3, 0.4) is 0 Å². The molecule has 1 unspecified atom stereocenters. The highest BCUT2D eigenvalue weighted by atomic mass is 19.1. The van der Waals surface area contributed by atoms with E-state index in [0.717, 1.165) is 91.1 Å². The minimum Gasteiger partial charge on any atom is -0.370 e. The first-order chi connectivity index (χ1) is 17.0. The first-order valence-corrected chi connectivity index (χ1v) is 13.1. The Morgan fingerprint density at radius 1 is 1.09 bits per heavy atom. The van der Waals surface area contributed by atoms with Crippen molar-refractivity contribution in [2.75, 3.05) is 13.1 Å². The third-order valence-corrected chi connectivity index (χ3v) is 8.15. The molecule has 0 spiro atoms. The summed E-state index contributed by atoms with van der Waals surface area (Å²) in [5.74, 6) is 1.52. The number of benzene rings is 2. The zero-order chi connectivity index (χ0) is 23.7. The number of aromatic nitrogens is 3. The molecule has 180 valence electrons. The number of piperidine rings is 1. The summed E-state index contributed by atoms with van der Waals surface area (Å²) in [6, 6.07) is 12.0. The van der Waals surface area contributed by atoms with Crippen molar-refractivity contribution in [2.45, 2.75) is 57.7 Å². The topological polar surface area (TPSA) is 52.0 Å². The van der Waals surface area contributed by atoms with Gasteiger partial charge in [-0.15, -0.1) is 0 Å². The van der Waals surface area contributed by atoms with Gasteiger partial charge in [-0.05, 0) is 92.0 Å². The highest BCUT2D eigenvalue weighted by Crippen LogP contribution is 2.39. The van der Waals surface area contributed by atoms with Gasteiger partial charge in [-0.2, -0.15) is 0 Å². The summed E-state index contributed by atoms with van der Waals surface area (Å²) in [5.41, 5.74) is 14.3. The van der Waals surface area contributed by atoms with Gasteiger partial charge in [0.05, 0.1) is 16.7 Å². The number of imidazole rings is 1. The van der Waals surface area contributed by atoms with Crippen LogP contribution in [0.2, 0.25) is 0 Å². The van der Waals surface area contributed by atoms with Crippen molar-refractivity contribution < 1.29 is 4.39 Å². The fourth-order valence-corrected chi connectivity index (χ4v) is 6.17. The molecule has 3 aliphatic rings. The van der Waals surface area contributed by atoms with Crippen LogP contribution in [0.25, 0.3) is 39.2 Å². The molecule has 2 N–H and O–H groups in total. The van der Waals surface area contributed by atoms with Crippen molar-refractivity contribution in [1.82, 2.24) is 19.0 Å². The molecule has 4 aromatic rings. The van der Waals surface area contributed by atoms with Crippen molar-refractivity contribution in [1.29, 1.82) is 0 Å². The molecule has 35 heavy (non-hydrogen) atoms. The van der Waals surface area contributed by atoms with E-state index in [1.807, 2.05) is 6.07 Å². The van der Waals surface area contributed by atoms with Gasteiger partial charge in [0, 0.05) is 48.8 Å². The van der Waals surface area contributed by atoms with Crippen molar-refractivity contribution in [3.05, 3.63) is 59.9 Å². The fraction of sp³-hybridized carbons (Fsp3) is 0.414. The molecule has 0 radical (unpaired) electrons. The maximum atomic E-state index is 14.1. The Balaban J connectivity index is 1.37. The molecule has 1 atom stereocenters. The van der Waals surface area contributed by atoms with E-state index in [4.69, 9.17) is 10.7 Å². The van der Waals surface area contributed by atoms with Gasteiger partial charge in [0.15, 0.2) is 5.82 Å². The summed E-state index contributed by atoms with van der Waals surface area (Å²) in [7, 11) is 0. The molecule has 1 saturated carbocycles. The smallest absolute Gasteiger partial charge is 0.157 e. The Morgan fingerprint density at radius 3 is 2.80 bits per heavy atom. The number of rotatable bonds is 5. The molecule has 4 heterocycles. The van der Waals surface area contributed by atoms with Gasteiger partial charge < -0.3 is 19.8 Å². The second kappa shape index (κ2) is 7.95. The van der Waals surface area contributed by atoms with Gasteiger partial charge in [-0.3, -0.25) is 0 Å². The Hall–Kier alpha value is -3.12. The maximum Gasteiger partial charge on any atom is 0.157 e. The molecule has 6 heteroatoms. The quantitative estimate of drug-likeness (QED) is 0.417. The fourth-order valence-electron chi connectivity index (χ4n) is 6.17. The Morgan fingerprint density at radius 2 is 1.97 bits per heavy atom. The number of likely N-dealkylation sites (tertiary alicyclic amines) is 1. The molecule has 1 saturated heterocycles. The number of nitrogens with two attached hydrogens (primary N) is 1. The van der Waals surface area contributed by atoms with Crippen molar-refractivity contribution in [3.63, 3.8) is 0 Å². The minimum atomic E-state index is -0.190. The van der Waals surface area contributed by atoms with Crippen LogP contribution in [0.15, 0.2) is 43.0 Å². The molecule has 1 aliphatic carbocycles. The molecular weight excluding hydrogens is 437 g/mol. The van der Waals surface area contributed by atoms with Crippen LogP contribution in [0, 0.1) is 11.7 Å². The molecule has 2 aromatic heterocycles. The van der Waals surface area contributed by atoms with Crippen LogP contribution in [-0.4, -0.2) is 38.1 Å². The highest BCUT2D eigenvalue weighted by Gasteiger charge is 2.28. The number of hydrogen-bond acceptors (Lipinski definition) is 3. The monoisotopic (exact) mass is 469 g/mol. The summed E-state index contributed by atoms with van der Waals surface area (Å²) in [6.45, 7) is 8.26. The maximum absolute atomic E-state index is 14.1. The van der Waals surface area contributed by atoms with Crippen molar-refractivity contribution >= 4 is 27.6 Å². The first kappa shape index (κ1) is 21.2. The van der Waals surface area contributed by atoms with Crippen LogP contribution in [0.4, 0.5) is 4.39 Å². The zero-order valence-corrected chi connectivity index (χ0v) is 20.1. The van der Waals surface area contributed by atoms with Crippen LogP contribution in [0.1, 0.15) is 43.2 Å². The Kier molecular flexibility index (Phi) is 4.81. The van der Waals surface area contributed by atoms with E-state index in [0.29, 0.717) is 5.92 Å². The standard InChI is InChI=1S/C29H32FN5/c1-18(33-10-3-5-24(31)17-33)21-12-20-4-2-11-34-28(20)25(14-21)32-29(34)27-15-22-13-23(30)8-9-26(22)35(27)16-19-6-7-19/h8-9,12-15,19,24H,1-7,10-11,16-17,31H2. The van der Waals surface area contributed by atoms with Gasteiger partial charge in [0.1, 0.15) is 5.82 Å². The number of aryl methyl sites for hydroxylation is 2. The third kappa shape index (κ3) is 3.57. The van der Waals surface area contributed by atoms with Crippen molar-refractivity contribution in [2.24, 2.45) is 11.7 Å². The summed E-state index contributed by atoms with van der Waals surface area (Å²) >= 11 is 0. The third-order valence-electron chi connectivity index (χ3n) is 8.15. The minimum absolute atomic E-state index is 0.190. The highest BCUT2D eigenvalue weighted by molar-refractivity contribution is 5.91. The van der Waals surface area contributed by atoms with Crippen LogP contribution < -0.4 is 5.73 Å². The summed E-state index contributed by atoms with van der Waals surface area (Å²) in [5, 5.41) is 0.951. The molecule has 7 rings (SSSR count). The van der Waals surface area contributed by atoms with E-state index in [2.05, 4.69) is 38.8 Å². The lowest BCUT2D eigenvalue weighted by atomic mass is 9.98. The molecule has 0 amide bonds. The second-order valence-corrected chi connectivity index (χ2v) is 10.8. The Labute approximate surface area is 205 Å². The Bertz CT molecular complexity index is 1470. The number of fused-ring (bicyclic) bond motifs is 1. The van der Waals surface area contributed by atoms with E-state index in [-0.39, 0.29) is 11.9 Å². The molecule has 2 aliphatic heterocycles. The van der Waals surface area contributed by atoms with E-state index in [1.54, 1.807) is 12.1 Å². The molecule has 0 bridgehead atoms. The second-order valence-electron chi connectivity index (χ2n) is 10.8. The summed E-state index contributed by atoms with van der Waals surface area (Å²) in [4.78, 5) is 7.57. The average Bonchev–Trinajstić information content (AvgIpc) is 3.51. The van der Waals surface area contributed by atoms with Gasteiger partial charge in [0.2, 0.25) is 0 Å². The molecule has 2 fully saturated rings. The van der Waals surface area contributed by atoms with Crippen LogP contribution in [0.5, 0.6) is 0 Å². The van der Waals surface area contributed by atoms with E-state index in [9.17, 15) is 4.39 Å². The van der Waals surface area contributed by atoms with Crippen molar-refractivity contribution in [3.8, 4) is 11.5 Å². The van der Waals surface area contributed by atoms with Gasteiger partial charge >= 0.3 is 0 Å². The molecule has 5 nitrogen and oxygen atoms in total.